The fourth-order valence-electron chi connectivity index (χ4n) is 2.85. The minimum absolute atomic E-state index is 0.346. The highest BCUT2D eigenvalue weighted by Gasteiger charge is 2.53. The summed E-state index contributed by atoms with van der Waals surface area (Å²) in [6.07, 6.45) is 2.73. The lowest BCUT2D eigenvalue weighted by Gasteiger charge is -2.28. The molecule has 14 heavy (non-hydrogen) atoms. The van der Waals surface area contributed by atoms with Crippen molar-refractivity contribution in [1.82, 2.24) is 4.90 Å². The van der Waals surface area contributed by atoms with Gasteiger partial charge in [-0.3, -0.25) is 4.90 Å². The molecule has 0 N–H and O–H groups in total. The van der Waals surface area contributed by atoms with Crippen molar-refractivity contribution >= 4 is 0 Å². The van der Waals surface area contributed by atoms with Crippen LogP contribution in [0.15, 0.2) is 24.3 Å². The second kappa shape index (κ2) is 2.60. The Morgan fingerprint density at radius 2 is 2.00 bits per heavy atom. The molecule has 2 aliphatic heterocycles. The summed E-state index contributed by atoms with van der Waals surface area (Å²) in [4.78, 5) is 2.64. The van der Waals surface area contributed by atoms with E-state index in [4.69, 9.17) is 0 Å². The predicted octanol–water partition coefficient (Wildman–Crippen LogP) is 2.69. The minimum atomic E-state index is 0.346. The van der Waals surface area contributed by atoms with Gasteiger partial charge in [0.25, 0.3) is 0 Å². The molecule has 2 saturated heterocycles. The average Bonchev–Trinajstić information content (AvgIpc) is 2.89. The first-order chi connectivity index (χ1) is 6.70. The monoisotopic (exact) mass is 187 g/mol. The zero-order chi connectivity index (χ0) is 9.76. The van der Waals surface area contributed by atoms with Crippen molar-refractivity contribution in [2.45, 2.75) is 38.3 Å². The fourth-order valence-corrected chi connectivity index (χ4v) is 2.85. The highest BCUT2D eigenvalue weighted by Crippen LogP contribution is 2.49. The molecular formula is C13H17N. The summed E-state index contributed by atoms with van der Waals surface area (Å²) < 4.78 is 0. The summed E-state index contributed by atoms with van der Waals surface area (Å²) in [7, 11) is 0. The van der Waals surface area contributed by atoms with E-state index in [0.717, 1.165) is 6.04 Å². The Kier molecular flexibility index (Phi) is 1.58. The van der Waals surface area contributed by atoms with E-state index in [1.807, 2.05) is 0 Å². The molecule has 74 valence electrons. The van der Waals surface area contributed by atoms with Gasteiger partial charge in [-0.2, -0.15) is 0 Å². The van der Waals surface area contributed by atoms with Gasteiger partial charge >= 0.3 is 0 Å². The van der Waals surface area contributed by atoms with Crippen molar-refractivity contribution < 1.29 is 0 Å². The normalized spacial score (nSPS) is 39.6. The van der Waals surface area contributed by atoms with E-state index in [2.05, 4.69) is 43.0 Å². The van der Waals surface area contributed by atoms with Gasteiger partial charge in [-0.15, -0.1) is 0 Å². The van der Waals surface area contributed by atoms with Gasteiger partial charge in [0, 0.05) is 18.1 Å². The molecule has 0 radical (unpaired) electrons. The van der Waals surface area contributed by atoms with Gasteiger partial charge in [-0.05, 0) is 32.3 Å². The topological polar surface area (TPSA) is 3.01 Å². The Morgan fingerprint density at radius 1 is 1.29 bits per heavy atom. The molecule has 1 aromatic rings. The molecule has 1 heteroatoms. The van der Waals surface area contributed by atoms with E-state index in [1.165, 1.54) is 30.5 Å². The van der Waals surface area contributed by atoms with Crippen molar-refractivity contribution in [2.75, 3.05) is 6.54 Å². The molecular weight excluding hydrogens is 170 g/mol. The first-order valence-corrected chi connectivity index (χ1v) is 5.54. The Balaban J connectivity index is 1.97. The maximum absolute atomic E-state index is 2.64. The standard InChI is InChI=1S/C13H17N/c1-10-3-5-11(6-4-10)13(2)8-7-12-9-14(12)13/h3-6,12H,7-9H2,1-2H3/t12-,13-,14?/m0/s1. The molecule has 1 aromatic carbocycles. The van der Waals surface area contributed by atoms with Crippen molar-refractivity contribution in [3.63, 3.8) is 0 Å². The molecule has 3 atom stereocenters. The van der Waals surface area contributed by atoms with Crippen molar-refractivity contribution in [3.8, 4) is 0 Å². The van der Waals surface area contributed by atoms with Gasteiger partial charge < -0.3 is 0 Å². The Labute approximate surface area is 85.7 Å². The predicted molar refractivity (Wildman–Crippen MR) is 58.3 cm³/mol. The number of hydrogen-bond donors (Lipinski definition) is 0. The quantitative estimate of drug-likeness (QED) is 0.611. The summed E-state index contributed by atoms with van der Waals surface area (Å²) in [5, 5.41) is 0. The van der Waals surface area contributed by atoms with Crippen LogP contribution in [-0.4, -0.2) is 17.5 Å². The fraction of sp³-hybridized carbons (Fsp3) is 0.538. The zero-order valence-electron chi connectivity index (χ0n) is 8.96. The highest BCUT2D eigenvalue weighted by molar-refractivity contribution is 5.31. The maximum atomic E-state index is 2.64. The van der Waals surface area contributed by atoms with Gasteiger partial charge in [0.15, 0.2) is 0 Å². The number of piperidine rings is 1. The van der Waals surface area contributed by atoms with Crippen LogP contribution in [0, 0.1) is 6.92 Å². The molecule has 0 bridgehead atoms. The van der Waals surface area contributed by atoms with Crippen molar-refractivity contribution in [1.29, 1.82) is 0 Å². The molecule has 2 heterocycles. The lowest BCUT2D eigenvalue weighted by Crippen LogP contribution is -2.27. The number of fused-ring (bicyclic) bond motifs is 1. The molecule has 0 aromatic heterocycles. The summed E-state index contributed by atoms with van der Waals surface area (Å²) in [5.41, 5.74) is 3.21. The lowest BCUT2D eigenvalue weighted by molar-refractivity contribution is 0.279. The summed E-state index contributed by atoms with van der Waals surface area (Å²) >= 11 is 0. The minimum Gasteiger partial charge on any atom is -0.288 e. The van der Waals surface area contributed by atoms with Crippen LogP contribution >= 0.6 is 0 Å². The number of nitrogens with zero attached hydrogens (tertiary/aromatic N) is 1. The van der Waals surface area contributed by atoms with Gasteiger partial charge in [0.1, 0.15) is 0 Å². The lowest BCUT2D eigenvalue weighted by atomic mass is 9.88. The number of aryl methyl sites for hydroxylation is 1. The van der Waals surface area contributed by atoms with E-state index in [9.17, 15) is 0 Å². The van der Waals surface area contributed by atoms with Gasteiger partial charge in [0.2, 0.25) is 0 Å². The van der Waals surface area contributed by atoms with Gasteiger partial charge in [0.05, 0.1) is 0 Å². The van der Waals surface area contributed by atoms with Crippen LogP contribution < -0.4 is 0 Å². The van der Waals surface area contributed by atoms with Crippen molar-refractivity contribution in [2.24, 2.45) is 0 Å². The number of benzene rings is 1. The number of rotatable bonds is 1. The third-order valence-corrected chi connectivity index (χ3v) is 3.99. The van der Waals surface area contributed by atoms with E-state index >= 15 is 0 Å². The second-order valence-electron chi connectivity index (χ2n) is 4.98. The summed E-state index contributed by atoms with van der Waals surface area (Å²) in [6, 6.07) is 9.97. The van der Waals surface area contributed by atoms with Crippen LogP contribution in [0.5, 0.6) is 0 Å². The number of hydrogen-bond acceptors (Lipinski definition) is 1. The molecule has 1 nitrogen and oxygen atoms in total. The van der Waals surface area contributed by atoms with Gasteiger partial charge in [-0.1, -0.05) is 29.8 Å². The van der Waals surface area contributed by atoms with Crippen LogP contribution in [0.1, 0.15) is 30.9 Å². The Hall–Kier alpha value is -0.820. The average molecular weight is 187 g/mol. The summed E-state index contributed by atoms with van der Waals surface area (Å²) in [5.74, 6) is 0. The first-order valence-electron chi connectivity index (χ1n) is 5.54. The molecule has 0 saturated carbocycles. The molecule has 0 spiro atoms. The van der Waals surface area contributed by atoms with E-state index in [0.29, 0.717) is 5.54 Å². The zero-order valence-corrected chi connectivity index (χ0v) is 8.96. The van der Waals surface area contributed by atoms with Crippen LogP contribution in [0.25, 0.3) is 0 Å². The largest absolute Gasteiger partial charge is 0.288 e. The molecule has 2 aliphatic rings. The smallest absolute Gasteiger partial charge is 0.0437 e. The van der Waals surface area contributed by atoms with E-state index in [-0.39, 0.29) is 0 Å². The second-order valence-corrected chi connectivity index (χ2v) is 4.98. The molecule has 2 fully saturated rings. The molecule has 0 aliphatic carbocycles. The Bertz CT molecular complexity index is 354. The third-order valence-electron chi connectivity index (χ3n) is 3.99. The Morgan fingerprint density at radius 3 is 2.50 bits per heavy atom. The SMILES string of the molecule is Cc1ccc([C@]2(C)CC[C@H]3CN32)cc1. The third kappa shape index (κ3) is 1.05. The van der Waals surface area contributed by atoms with Crippen LogP contribution in [0.3, 0.4) is 0 Å². The van der Waals surface area contributed by atoms with Crippen LogP contribution in [-0.2, 0) is 5.54 Å². The van der Waals surface area contributed by atoms with Crippen LogP contribution in [0.2, 0.25) is 0 Å². The molecule has 3 rings (SSSR count). The van der Waals surface area contributed by atoms with E-state index in [1.54, 1.807) is 0 Å². The molecule has 0 amide bonds. The van der Waals surface area contributed by atoms with Gasteiger partial charge in [-0.25, -0.2) is 0 Å². The van der Waals surface area contributed by atoms with E-state index < -0.39 is 0 Å². The van der Waals surface area contributed by atoms with Crippen LogP contribution in [0.4, 0.5) is 0 Å². The first kappa shape index (κ1) is 8.49. The maximum Gasteiger partial charge on any atom is 0.0437 e. The summed E-state index contributed by atoms with van der Waals surface area (Å²) in [6.45, 7) is 5.87. The highest BCUT2D eigenvalue weighted by atomic mass is 15.4. The van der Waals surface area contributed by atoms with Crippen molar-refractivity contribution in [3.05, 3.63) is 35.4 Å². The molecule has 1 unspecified atom stereocenters.